The van der Waals surface area contributed by atoms with Gasteiger partial charge in [0.15, 0.2) is 0 Å². The number of carbonyl (C=O) groups excluding carboxylic acids is 8. The normalized spacial score (nSPS) is 14.3. The first kappa shape index (κ1) is 84.5. The molecule has 0 aromatic rings. The van der Waals surface area contributed by atoms with Crippen molar-refractivity contribution >= 4 is 47.9 Å². The van der Waals surface area contributed by atoms with Gasteiger partial charge >= 0.3 is 47.9 Å². The largest absolute Gasteiger partial charge is 0.465 e. The lowest BCUT2D eigenvalue weighted by Crippen LogP contribution is -2.44. The number of likely N-dealkylation sites (tertiary alicyclic amines) is 1. The highest BCUT2D eigenvalue weighted by Crippen LogP contribution is 2.25. The Morgan fingerprint density at radius 3 is 0.967 bits per heavy atom. The molecule has 18 nitrogen and oxygen atoms in total. The van der Waals surface area contributed by atoms with Crippen molar-refractivity contribution in [1.29, 1.82) is 0 Å². The van der Waals surface area contributed by atoms with Crippen molar-refractivity contribution < 1.29 is 76.3 Å². The zero-order valence-corrected chi connectivity index (χ0v) is 58.8. The minimum Gasteiger partial charge on any atom is -0.465 e. The molecule has 0 aliphatic carbocycles. The van der Waals surface area contributed by atoms with E-state index in [2.05, 4.69) is 37.9 Å². The van der Waals surface area contributed by atoms with Crippen LogP contribution in [0.2, 0.25) is 0 Å². The molecule has 91 heavy (non-hydrogen) atoms. The van der Waals surface area contributed by atoms with Crippen molar-refractivity contribution in [1.82, 2.24) is 10.2 Å². The van der Waals surface area contributed by atoms with Crippen molar-refractivity contribution in [2.24, 2.45) is 5.41 Å². The highest BCUT2D eigenvalue weighted by atomic mass is 16.6. The van der Waals surface area contributed by atoms with Crippen LogP contribution in [0.15, 0.2) is 0 Å². The Balaban J connectivity index is 3.15. The van der Waals surface area contributed by atoms with Crippen molar-refractivity contribution in [3.63, 3.8) is 0 Å². The van der Waals surface area contributed by atoms with Gasteiger partial charge in [0.25, 0.3) is 0 Å². The molecular weight excluding hydrogens is 1160 g/mol. The van der Waals surface area contributed by atoms with Gasteiger partial charge in [-0.05, 0) is 143 Å². The fourth-order valence-corrected chi connectivity index (χ4v) is 11.1. The first-order valence-electron chi connectivity index (χ1n) is 36.9. The van der Waals surface area contributed by atoms with Gasteiger partial charge in [-0.25, -0.2) is 4.79 Å². The molecule has 0 bridgehead atoms. The van der Waals surface area contributed by atoms with E-state index >= 15 is 0 Å². The summed E-state index contributed by atoms with van der Waals surface area (Å²) in [6.45, 7) is 16.1. The number of carbonyl (C=O) groups is 8. The summed E-state index contributed by atoms with van der Waals surface area (Å²) in [7, 11) is 0. The average molecular weight is 1290 g/mol. The molecule has 1 amide bonds. The number of unbranched alkanes of at least 4 members (excludes halogenated alkanes) is 24. The molecule has 1 fully saturated rings. The third-order valence-electron chi connectivity index (χ3n) is 17.1. The quantitative estimate of drug-likeness (QED) is 0.0339. The first-order chi connectivity index (χ1) is 44.0. The summed E-state index contributed by atoms with van der Waals surface area (Å²) >= 11 is 0. The maximum atomic E-state index is 13.8. The molecule has 1 N–H and O–H groups in total. The molecule has 18 heteroatoms. The van der Waals surface area contributed by atoms with Gasteiger partial charge in [0, 0.05) is 58.0 Å². The summed E-state index contributed by atoms with van der Waals surface area (Å²) in [5, 5.41) is 2.87. The molecule has 0 saturated carbocycles. The smallest absolute Gasteiger partial charge is 0.407 e. The van der Waals surface area contributed by atoms with Crippen LogP contribution in [0.3, 0.4) is 0 Å². The van der Waals surface area contributed by atoms with Gasteiger partial charge in [0.05, 0.1) is 18.3 Å². The molecular formula is C73H132N2O16. The number of ether oxygens (including phenoxy) is 8. The molecule has 530 valence electrons. The Morgan fingerprint density at radius 1 is 0.341 bits per heavy atom. The summed E-state index contributed by atoms with van der Waals surface area (Å²) in [5.74, 6) is -2.88. The van der Waals surface area contributed by atoms with E-state index < -0.39 is 67.9 Å². The topological polar surface area (TPSA) is 226 Å². The predicted octanol–water partition coefficient (Wildman–Crippen LogP) is 17.0. The Hall–Kier alpha value is -4.48. The van der Waals surface area contributed by atoms with Crippen molar-refractivity contribution in [3.05, 3.63) is 0 Å². The van der Waals surface area contributed by atoms with Crippen LogP contribution in [0.5, 0.6) is 0 Å². The highest BCUT2D eigenvalue weighted by Gasteiger charge is 2.38. The summed E-state index contributed by atoms with van der Waals surface area (Å²) in [6, 6.07) is 0. The second-order valence-electron chi connectivity index (χ2n) is 26.3. The maximum absolute atomic E-state index is 13.8. The van der Waals surface area contributed by atoms with E-state index in [9.17, 15) is 38.4 Å². The van der Waals surface area contributed by atoms with Gasteiger partial charge in [0.1, 0.15) is 37.9 Å². The van der Waals surface area contributed by atoms with Crippen molar-refractivity contribution in [2.75, 3.05) is 52.6 Å². The Kier molecular flexibility index (Phi) is 54.0. The van der Waals surface area contributed by atoms with E-state index in [4.69, 9.17) is 37.9 Å². The van der Waals surface area contributed by atoms with Gasteiger partial charge in [-0.15, -0.1) is 0 Å². The van der Waals surface area contributed by atoms with Crippen LogP contribution in [0.4, 0.5) is 4.79 Å². The molecule has 0 aromatic heterocycles. The van der Waals surface area contributed by atoms with Crippen molar-refractivity contribution in [3.8, 4) is 0 Å². The van der Waals surface area contributed by atoms with E-state index in [0.717, 1.165) is 116 Å². The van der Waals surface area contributed by atoms with Crippen LogP contribution in [0.25, 0.3) is 0 Å². The number of amides is 1. The summed E-state index contributed by atoms with van der Waals surface area (Å²) in [4.78, 5) is 107. The van der Waals surface area contributed by atoms with Crippen LogP contribution >= 0.6 is 0 Å². The molecule has 1 rings (SSSR count). The molecule has 1 aliphatic rings. The van der Waals surface area contributed by atoms with Gasteiger partial charge in [-0.1, -0.05) is 163 Å². The summed E-state index contributed by atoms with van der Waals surface area (Å²) in [5.41, 5.74) is -1.49. The Labute approximate surface area is 552 Å². The minimum absolute atomic E-state index is 0.0617. The summed E-state index contributed by atoms with van der Waals surface area (Å²) in [6.07, 6.45) is 33.8. The number of nitrogens with one attached hydrogen (secondary N) is 1. The fourth-order valence-electron chi connectivity index (χ4n) is 11.1. The van der Waals surface area contributed by atoms with E-state index in [0.29, 0.717) is 109 Å². The number of esters is 7. The van der Waals surface area contributed by atoms with Gasteiger partial charge in [0.2, 0.25) is 0 Å². The molecule has 1 aliphatic heterocycles. The third-order valence-corrected chi connectivity index (χ3v) is 17.1. The van der Waals surface area contributed by atoms with Crippen molar-refractivity contribution in [2.45, 2.75) is 362 Å². The van der Waals surface area contributed by atoms with E-state index in [1.54, 1.807) is 0 Å². The van der Waals surface area contributed by atoms with E-state index in [-0.39, 0.29) is 68.3 Å². The fraction of sp³-hybridized carbons (Fsp3) is 0.890. The molecule has 0 aromatic carbocycles. The number of nitrogens with zero attached hydrogens (tertiary/aromatic N) is 1. The van der Waals surface area contributed by atoms with Gasteiger partial charge in [-0.2, -0.15) is 0 Å². The van der Waals surface area contributed by atoms with E-state index in [1.807, 2.05) is 20.8 Å². The van der Waals surface area contributed by atoms with Gasteiger partial charge < -0.3 is 48.1 Å². The van der Waals surface area contributed by atoms with Crippen LogP contribution in [-0.2, 0) is 71.5 Å². The Bertz CT molecular complexity index is 1730. The third kappa shape index (κ3) is 51.6. The van der Waals surface area contributed by atoms with Crippen LogP contribution < -0.4 is 5.32 Å². The standard InChI is InChI=1S/C73H132N2O16/c1-8-12-16-20-29-41-61(5)88-69(80)48-36-26-23-33-45-65(76)84-57-73(58-85-66(77)46-34-24-27-37-49-70(81)89-62(6)42-30-21-17-13-9-2,59-86-67(78)47-35-25-28-38-50-71(82)90-63(7)43-31-22-18-14-10-3)60-87-68(79)52-51-64(44-32-19-15-11-4)91-72(83)74-53-56-75-54-39-40-55-75/h61-64H,8-60H2,1-7H3,(H,74,83). The number of rotatable bonds is 62. The predicted molar refractivity (Wildman–Crippen MR) is 358 cm³/mol. The second kappa shape index (κ2) is 58.1. The minimum atomic E-state index is -1.49. The lowest BCUT2D eigenvalue weighted by Gasteiger charge is -2.31. The summed E-state index contributed by atoms with van der Waals surface area (Å²) < 4.78 is 46.4. The molecule has 1 heterocycles. The SMILES string of the molecule is CCCCCCCC(C)OC(=O)CCCCCCC(=O)OCC(COC(=O)CCCCCCC(=O)OC(C)CCCCCCC)(COC(=O)CCCCCCC(=O)OC(C)CCCCCCC)COC(=O)CCC(CCCCCC)OC(=O)NCCN1CCCC1. The number of hydrogen-bond acceptors (Lipinski definition) is 17. The zero-order chi connectivity index (χ0) is 66.8. The monoisotopic (exact) mass is 1290 g/mol. The first-order valence-corrected chi connectivity index (χ1v) is 36.9. The lowest BCUT2D eigenvalue weighted by atomic mass is 9.92. The maximum Gasteiger partial charge on any atom is 0.407 e. The average Bonchev–Trinajstić information content (AvgIpc) is 2.45. The molecule has 0 radical (unpaired) electrons. The number of alkyl carbamates (subject to hydrolysis) is 1. The lowest BCUT2D eigenvalue weighted by molar-refractivity contribution is -0.171. The number of hydrogen-bond donors (Lipinski definition) is 1. The van der Waals surface area contributed by atoms with Gasteiger partial charge in [-0.3, -0.25) is 33.6 Å². The zero-order valence-electron chi connectivity index (χ0n) is 58.8. The molecule has 4 atom stereocenters. The molecule has 4 unspecified atom stereocenters. The molecule has 0 spiro atoms. The van der Waals surface area contributed by atoms with Crippen LogP contribution in [0.1, 0.15) is 337 Å². The van der Waals surface area contributed by atoms with Crippen LogP contribution in [0, 0.1) is 5.41 Å². The second-order valence-corrected chi connectivity index (χ2v) is 26.3. The van der Waals surface area contributed by atoms with Crippen LogP contribution in [-0.4, -0.2) is 130 Å². The molecule has 1 saturated heterocycles. The highest BCUT2D eigenvalue weighted by molar-refractivity contribution is 5.72. The van der Waals surface area contributed by atoms with E-state index in [1.165, 1.54) is 57.8 Å². The Morgan fingerprint density at radius 2 is 0.626 bits per heavy atom.